The van der Waals surface area contributed by atoms with Gasteiger partial charge in [0.05, 0.1) is 0 Å². The van der Waals surface area contributed by atoms with Crippen molar-refractivity contribution in [2.24, 2.45) is 0 Å². The Hall–Kier alpha value is -2.24. The molecule has 0 atom stereocenters. The Morgan fingerprint density at radius 3 is 1.09 bits per heavy atom. The van der Waals surface area contributed by atoms with E-state index in [0.29, 0.717) is 13.1 Å². The van der Waals surface area contributed by atoms with Crippen LogP contribution in [0.2, 0.25) is 0 Å². The van der Waals surface area contributed by atoms with Crippen molar-refractivity contribution < 1.29 is 20.4 Å². The fourth-order valence-electron chi connectivity index (χ4n) is 2.60. The van der Waals surface area contributed by atoms with Gasteiger partial charge in [-0.1, -0.05) is 25.7 Å². The van der Waals surface area contributed by atoms with Gasteiger partial charge in [-0.3, -0.25) is 9.13 Å². The predicted octanol–water partition coefficient (Wildman–Crippen LogP) is 3.15. The van der Waals surface area contributed by atoms with E-state index in [0.717, 1.165) is 38.5 Å². The van der Waals surface area contributed by atoms with E-state index in [1.54, 1.807) is 0 Å². The number of nitrogens with zero attached hydrogens (tertiary/aromatic N) is 2. The first-order valence-corrected chi connectivity index (χ1v) is 7.74. The first kappa shape index (κ1) is 16.1. The molecule has 0 bridgehead atoms. The van der Waals surface area contributed by atoms with Crippen LogP contribution in [0.4, 0.5) is 0 Å². The molecule has 6 nitrogen and oxygen atoms in total. The van der Waals surface area contributed by atoms with Crippen molar-refractivity contribution in [3.63, 3.8) is 0 Å². The maximum Gasteiger partial charge on any atom is 0.193 e. The van der Waals surface area contributed by atoms with Crippen molar-refractivity contribution in [1.82, 2.24) is 9.13 Å². The van der Waals surface area contributed by atoms with Gasteiger partial charge in [0.2, 0.25) is 0 Å². The zero-order valence-corrected chi connectivity index (χ0v) is 12.6. The molecular formula is C16H24N2O4. The molecule has 0 aromatic carbocycles. The molecule has 0 saturated carbocycles. The fourth-order valence-corrected chi connectivity index (χ4v) is 2.60. The largest absolute Gasteiger partial charge is 0.494 e. The van der Waals surface area contributed by atoms with Gasteiger partial charge in [0.15, 0.2) is 23.5 Å². The lowest BCUT2D eigenvalue weighted by atomic mass is 10.1. The van der Waals surface area contributed by atoms with Crippen LogP contribution in [0.5, 0.6) is 23.5 Å². The highest BCUT2D eigenvalue weighted by Crippen LogP contribution is 2.23. The number of aromatic hydroxyl groups is 4. The van der Waals surface area contributed by atoms with Crippen molar-refractivity contribution in [2.45, 2.75) is 51.6 Å². The van der Waals surface area contributed by atoms with Crippen molar-refractivity contribution in [3.8, 4) is 23.5 Å². The van der Waals surface area contributed by atoms with Crippen LogP contribution in [-0.4, -0.2) is 29.6 Å². The summed E-state index contributed by atoms with van der Waals surface area (Å²) < 4.78 is 3.00. The van der Waals surface area contributed by atoms with Crippen molar-refractivity contribution in [2.75, 3.05) is 0 Å². The Balaban J connectivity index is 1.53. The molecule has 0 spiro atoms. The molecule has 2 rings (SSSR count). The van der Waals surface area contributed by atoms with Gasteiger partial charge in [0.25, 0.3) is 0 Å². The number of aromatic nitrogens is 2. The number of hydrogen-bond donors (Lipinski definition) is 4. The van der Waals surface area contributed by atoms with Crippen molar-refractivity contribution >= 4 is 0 Å². The summed E-state index contributed by atoms with van der Waals surface area (Å²) >= 11 is 0. The van der Waals surface area contributed by atoms with Gasteiger partial charge in [0.1, 0.15) is 0 Å². The molecule has 0 saturated heterocycles. The van der Waals surface area contributed by atoms with Crippen LogP contribution >= 0.6 is 0 Å². The van der Waals surface area contributed by atoms with Crippen LogP contribution in [0.3, 0.4) is 0 Å². The zero-order valence-electron chi connectivity index (χ0n) is 12.6. The Morgan fingerprint density at radius 1 is 0.500 bits per heavy atom. The highest BCUT2D eigenvalue weighted by Gasteiger charge is 2.05. The molecule has 0 aliphatic carbocycles. The van der Waals surface area contributed by atoms with Crippen molar-refractivity contribution in [1.29, 1.82) is 0 Å². The third-order valence-corrected chi connectivity index (χ3v) is 3.88. The van der Waals surface area contributed by atoms with Crippen LogP contribution in [0.15, 0.2) is 24.3 Å². The normalized spacial score (nSPS) is 11.1. The van der Waals surface area contributed by atoms with E-state index in [-0.39, 0.29) is 23.5 Å². The van der Waals surface area contributed by atoms with E-state index in [1.807, 2.05) is 0 Å². The first-order valence-electron chi connectivity index (χ1n) is 7.74. The average Bonchev–Trinajstić information content (AvgIpc) is 2.98. The Morgan fingerprint density at radius 2 is 0.773 bits per heavy atom. The van der Waals surface area contributed by atoms with E-state index in [1.165, 1.54) is 33.4 Å². The molecule has 2 aromatic heterocycles. The summed E-state index contributed by atoms with van der Waals surface area (Å²) in [5.74, 6) is 0.403. The highest BCUT2D eigenvalue weighted by molar-refractivity contribution is 5.24. The number of hydrogen-bond acceptors (Lipinski definition) is 4. The lowest BCUT2D eigenvalue weighted by Gasteiger charge is -2.07. The van der Waals surface area contributed by atoms with Gasteiger partial charge in [-0.05, 0) is 12.8 Å². The molecule has 0 amide bonds. The van der Waals surface area contributed by atoms with E-state index < -0.39 is 0 Å². The lowest BCUT2D eigenvalue weighted by molar-refractivity contribution is 0.357. The Bertz CT molecular complexity index is 498. The SMILES string of the molecule is Oc1ccc(O)n1CCCCCCCCn1c(O)ccc1O. The predicted molar refractivity (Wildman–Crippen MR) is 83.2 cm³/mol. The molecule has 0 aliphatic heterocycles. The molecule has 0 aliphatic rings. The van der Waals surface area contributed by atoms with E-state index in [2.05, 4.69) is 0 Å². The summed E-state index contributed by atoms with van der Waals surface area (Å²) in [4.78, 5) is 0. The molecule has 0 unspecified atom stereocenters. The van der Waals surface area contributed by atoms with Crippen LogP contribution in [0.1, 0.15) is 38.5 Å². The van der Waals surface area contributed by atoms with Crippen LogP contribution in [0, 0.1) is 0 Å². The van der Waals surface area contributed by atoms with Crippen LogP contribution in [0.25, 0.3) is 0 Å². The van der Waals surface area contributed by atoms with Gasteiger partial charge in [-0.25, -0.2) is 0 Å². The zero-order chi connectivity index (χ0) is 15.9. The van der Waals surface area contributed by atoms with Gasteiger partial charge < -0.3 is 20.4 Å². The molecule has 6 heteroatoms. The summed E-state index contributed by atoms with van der Waals surface area (Å²) in [5.41, 5.74) is 0. The third-order valence-electron chi connectivity index (χ3n) is 3.88. The topological polar surface area (TPSA) is 90.8 Å². The summed E-state index contributed by atoms with van der Waals surface area (Å²) in [6.45, 7) is 1.24. The standard InChI is InChI=1S/C16H24N2O4/c19-13-7-8-14(20)17(13)11-5-3-1-2-4-6-12-18-15(21)9-10-16(18)22/h7-10,19-22H,1-6,11-12H2. The fraction of sp³-hybridized carbons (Fsp3) is 0.500. The second-order valence-corrected chi connectivity index (χ2v) is 5.52. The quantitative estimate of drug-likeness (QED) is 0.536. The third kappa shape index (κ3) is 4.13. The smallest absolute Gasteiger partial charge is 0.193 e. The monoisotopic (exact) mass is 308 g/mol. The lowest BCUT2D eigenvalue weighted by Crippen LogP contribution is -1.97. The summed E-state index contributed by atoms with van der Waals surface area (Å²) in [7, 11) is 0. The minimum atomic E-state index is 0.101. The minimum absolute atomic E-state index is 0.101. The van der Waals surface area contributed by atoms with Crippen LogP contribution in [-0.2, 0) is 13.1 Å². The molecule has 22 heavy (non-hydrogen) atoms. The highest BCUT2D eigenvalue weighted by atomic mass is 16.3. The second-order valence-electron chi connectivity index (χ2n) is 5.52. The molecule has 0 fully saturated rings. The van der Waals surface area contributed by atoms with E-state index in [9.17, 15) is 20.4 Å². The Labute approximate surface area is 129 Å². The number of unbranched alkanes of at least 4 members (excludes halogenated alkanes) is 5. The molecule has 122 valence electrons. The molecule has 2 heterocycles. The van der Waals surface area contributed by atoms with E-state index in [4.69, 9.17) is 0 Å². The second kappa shape index (κ2) is 7.68. The van der Waals surface area contributed by atoms with E-state index >= 15 is 0 Å². The summed E-state index contributed by atoms with van der Waals surface area (Å²) in [6, 6.07) is 5.95. The molecule has 2 aromatic rings. The molecule has 4 N–H and O–H groups in total. The first-order chi connectivity index (χ1) is 10.6. The van der Waals surface area contributed by atoms with Gasteiger partial charge in [0, 0.05) is 37.4 Å². The van der Waals surface area contributed by atoms with Gasteiger partial charge in [-0.2, -0.15) is 0 Å². The maximum absolute atomic E-state index is 9.50. The summed E-state index contributed by atoms with van der Waals surface area (Å²) in [5, 5.41) is 38.0. The van der Waals surface area contributed by atoms with Gasteiger partial charge >= 0.3 is 0 Å². The Kier molecular flexibility index (Phi) is 5.63. The van der Waals surface area contributed by atoms with Gasteiger partial charge in [-0.15, -0.1) is 0 Å². The number of rotatable bonds is 9. The average molecular weight is 308 g/mol. The van der Waals surface area contributed by atoms with Crippen LogP contribution < -0.4 is 0 Å². The molecular weight excluding hydrogens is 284 g/mol. The summed E-state index contributed by atoms with van der Waals surface area (Å²) in [6.07, 6.45) is 6.08. The maximum atomic E-state index is 9.50. The van der Waals surface area contributed by atoms with Crippen molar-refractivity contribution in [3.05, 3.63) is 24.3 Å². The molecule has 0 radical (unpaired) electrons. The minimum Gasteiger partial charge on any atom is -0.494 e.